The lowest BCUT2D eigenvalue weighted by Gasteiger charge is -1.96. The van der Waals surface area contributed by atoms with Gasteiger partial charge in [-0.2, -0.15) is 10.5 Å². The van der Waals surface area contributed by atoms with E-state index < -0.39 is 0 Å². The number of furan rings is 2. The van der Waals surface area contributed by atoms with E-state index >= 15 is 0 Å². The highest BCUT2D eigenvalue weighted by Crippen LogP contribution is 2.47. The zero-order valence-corrected chi connectivity index (χ0v) is 23.2. The minimum Gasteiger partial charge on any atom is -0.456 e. The standard InChI is InChI=1S/C30H22N2O2S3/c1-17(15-31)13-21-5-7-23(33-21)25-9-11-27(35-25)29-19(3)20(4)30(37-29)28-12-10-26(36-28)24-8-6-22(34-24)14-18(2)16-32/h5-14H,1-4H3/b17-13-,18-14-. The van der Waals surface area contributed by atoms with Gasteiger partial charge in [0, 0.05) is 30.7 Å². The van der Waals surface area contributed by atoms with Crippen LogP contribution in [-0.4, -0.2) is 0 Å². The second-order valence-electron chi connectivity index (χ2n) is 8.62. The average molecular weight is 539 g/mol. The molecule has 0 aromatic carbocycles. The van der Waals surface area contributed by atoms with Crippen LogP contribution in [0.4, 0.5) is 0 Å². The molecule has 5 heterocycles. The molecule has 4 nitrogen and oxygen atoms in total. The predicted molar refractivity (Wildman–Crippen MR) is 154 cm³/mol. The van der Waals surface area contributed by atoms with E-state index in [0.717, 1.165) is 21.3 Å². The van der Waals surface area contributed by atoms with Gasteiger partial charge in [0.05, 0.1) is 21.9 Å². The Labute approximate surface area is 227 Å². The number of nitriles is 2. The highest BCUT2D eigenvalue weighted by Gasteiger charge is 2.19. The van der Waals surface area contributed by atoms with Gasteiger partial charge in [-0.05, 0) is 99.5 Å². The van der Waals surface area contributed by atoms with E-state index in [1.54, 1.807) is 48.7 Å². The first kappa shape index (κ1) is 24.8. The molecule has 0 radical (unpaired) electrons. The summed E-state index contributed by atoms with van der Waals surface area (Å²) in [5.41, 5.74) is 3.79. The molecule has 0 aliphatic rings. The van der Waals surface area contributed by atoms with Crippen molar-refractivity contribution >= 4 is 46.2 Å². The molecule has 5 aromatic heterocycles. The fraction of sp³-hybridized carbons (Fsp3) is 0.133. The van der Waals surface area contributed by atoms with Gasteiger partial charge in [0.2, 0.25) is 0 Å². The fourth-order valence-electron chi connectivity index (χ4n) is 3.87. The molecule has 0 amide bonds. The highest BCUT2D eigenvalue weighted by atomic mass is 32.1. The van der Waals surface area contributed by atoms with Crippen LogP contribution in [-0.2, 0) is 0 Å². The van der Waals surface area contributed by atoms with Crippen LogP contribution in [0.15, 0.2) is 68.5 Å². The molecule has 5 aromatic rings. The Morgan fingerprint density at radius 2 is 1.03 bits per heavy atom. The van der Waals surface area contributed by atoms with Crippen LogP contribution in [0.1, 0.15) is 36.5 Å². The zero-order chi connectivity index (χ0) is 26.1. The van der Waals surface area contributed by atoms with Gasteiger partial charge in [-0.25, -0.2) is 0 Å². The van der Waals surface area contributed by atoms with Crippen LogP contribution in [0.25, 0.3) is 52.9 Å². The van der Waals surface area contributed by atoms with Crippen LogP contribution < -0.4 is 0 Å². The van der Waals surface area contributed by atoms with E-state index in [2.05, 4.69) is 50.3 Å². The van der Waals surface area contributed by atoms with Crippen molar-refractivity contribution in [2.45, 2.75) is 27.7 Å². The Morgan fingerprint density at radius 1 is 0.622 bits per heavy atom. The van der Waals surface area contributed by atoms with Crippen molar-refractivity contribution in [1.82, 2.24) is 0 Å². The van der Waals surface area contributed by atoms with Gasteiger partial charge in [0.25, 0.3) is 0 Å². The SMILES string of the molecule is C/C(C#N)=C/c1ccc(-c2ccc(-c3sc(-c4ccc(-c5ccc(/C=C(/C)C#N)o5)s4)c(C)c3C)s2)o1. The molecular formula is C30H22N2O2S3. The maximum absolute atomic E-state index is 9.01. The summed E-state index contributed by atoms with van der Waals surface area (Å²) in [4.78, 5) is 7.07. The summed E-state index contributed by atoms with van der Waals surface area (Å²) in [7, 11) is 0. The molecule has 0 aliphatic carbocycles. The summed E-state index contributed by atoms with van der Waals surface area (Å²) in [6, 6.07) is 20.4. The summed E-state index contributed by atoms with van der Waals surface area (Å²) >= 11 is 5.23. The Bertz CT molecular complexity index is 1620. The van der Waals surface area contributed by atoms with E-state index in [4.69, 9.17) is 19.4 Å². The largest absolute Gasteiger partial charge is 0.456 e. The van der Waals surface area contributed by atoms with Crippen molar-refractivity contribution in [1.29, 1.82) is 10.5 Å². The molecule has 0 saturated carbocycles. The molecule has 5 rings (SSSR count). The Morgan fingerprint density at radius 3 is 1.43 bits per heavy atom. The van der Waals surface area contributed by atoms with Crippen LogP contribution >= 0.6 is 34.0 Å². The van der Waals surface area contributed by atoms with Crippen molar-refractivity contribution < 1.29 is 8.83 Å². The van der Waals surface area contributed by atoms with Crippen molar-refractivity contribution in [3.8, 4) is 52.9 Å². The van der Waals surface area contributed by atoms with E-state index in [-0.39, 0.29) is 0 Å². The fourth-order valence-corrected chi connectivity index (χ4v) is 7.45. The van der Waals surface area contributed by atoms with Gasteiger partial charge in [-0.3, -0.25) is 0 Å². The third kappa shape index (κ3) is 5.03. The molecular weight excluding hydrogens is 517 g/mol. The normalized spacial score (nSPS) is 12.1. The quantitative estimate of drug-likeness (QED) is 0.202. The first-order valence-corrected chi connectivity index (χ1v) is 14.0. The second kappa shape index (κ2) is 10.2. The second-order valence-corrected chi connectivity index (χ2v) is 11.8. The Hall–Kier alpha value is -3.88. The molecule has 0 aliphatic heterocycles. The van der Waals surface area contributed by atoms with Crippen molar-refractivity contribution in [2.24, 2.45) is 0 Å². The van der Waals surface area contributed by atoms with E-state index in [9.17, 15) is 0 Å². The molecule has 0 N–H and O–H groups in total. The minimum absolute atomic E-state index is 0.611. The summed E-state index contributed by atoms with van der Waals surface area (Å²) in [5, 5.41) is 18.0. The van der Waals surface area contributed by atoms with Gasteiger partial charge in [-0.1, -0.05) is 0 Å². The number of rotatable bonds is 6. The highest BCUT2D eigenvalue weighted by molar-refractivity contribution is 7.28. The van der Waals surface area contributed by atoms with Crippen LogP contribution in [0.2, 0.25) is 0 Å². The van der Waals surface area contributed by atoms with Gasteiger partial charge >= 0.3 is 0 Å². The van der Waals surface area contributed by atoms with E-state index in [0.29, 0.717) is 22.7 Å². The molecule has 0 saturated heterocycles. The molecule has 7 heteroatoms. The summed E-state index contributed by atoms with van der Waals surface area (Å²) in [5.74, 6) is 2.98. The molecule has 0 fully saturated rings. The first-order chi connectivity index (χ1) is 17.9. The maximum Gasteiger partial charge on any atom is 0.144 e. The third-order valence-electron chi connectivity index (χ3n) is 5.92. The Balaban J connectivity index is 1.42. The predicted octanol–water partition coefficient (Wildman–Crippen LogP) is 10.2. The maximum atomic E-state index is 9.01. The molecule has 0 unspecified atom stereocenters. The van der Waals surface area contributed by atoms with E-state index in [1.807, 2.05) is 35.6 Å². The van der Waals surface area contributed by atoms with E-state index in [1.165, 1.54) is 30.6 Å². The lowest BCUT2D eigenvalue weighted by atomic mass is 10.1. The number of hydrogen-bond acceptors (Lipinski definition) is 7. The number of hydrogen-bond donors (Lipinski definition) is 0. The van der Waals surface area contributed by atoms with Gasteiger partial charge in [0.1, 0.15) is 23.0 Å². The van der Waals surface area contributed by atoms with Crippen LogP contribution in [0.5, 0.6) is 0 Å². The van der Waals surface area contributed by atoms with Crippen LogP contribution in [0, 0.1) is 36.5 Å². The van der Waals surface area contributed by atoms with Gasteiger partial charge < -0.3 is 8.83 Å². The first-order valence-electron chi connectivity index (χ1n) is 11.5. The number of nitrogens with zero attached hydrogens (tertiary/aromatic N) is 2. The van der Waals surface area contributed by atoms with Crippen molar-refractivity contribution in [3.05, 3.63) is 82.3 Å². The number of allylic oxidation sites excluding steroid dienone is 2. The van der Waals surface area contributed by atoms with Crippen LogP contribution in [0.3, 0.4) is 0 Å². The molecule has 0 bridgehead atoms. The summed E-state index contributed by atoms with van der Waals surface area (Å²) in [6.45, 7) is 7.90. The topological polar surface area (TPSA) is 73.9 Å². The minimum atomic E-state index is 0.611. The average Bonchev–Trinajstić information content (AvgIpc) is 3.71. The summed E-state index contributed by atoms with van der Waals surface area (Å²) < 4.78 is 11.9. The number of thiophene rings is 3. The molecule has 182 valence electrons. The molecule has 37 heavy (non-hydrogen) atoms. The molecule has 0 atom stereocenters. The molecule has 0 spiro atoms. The van der Waals surface area contributed by atoms with Crippen molar-refractivity contribution in [2.75, 3.05) is 0 Å². The lowest BCUT2D eigenvalue weighted by Crippen LogP contribution is -1.75. The van der Waals surface area contributed by atoms with Gasteiger partial charge in [0.15, 0.2) is 0 Å². The summed E-state index contributed by atoms with van der Waals surface area (Å²) in [6.07, 6.45) is 3.50. The third-order valence-corrected chi connectivity index (χ3v) is 9.87. The Kier molecular flexibility index (Phi) is 6.86. The zero-order valence-electron chi connectivity index (χ0n) is 20.7. The monoisotopic (exact) mass is 538 g/mol. The van der Waals surface area contributed by atoms with Gasteiger partial charge in [-0.15, -0.1) is 34.0 Å². The lowest BCUT2D eigenvalue weighted by molar-refractivity contribution is 0.572. The smallest absolute Gasteiger partial charge is 0.144 e. The van der Waals surface area contributed by atoms with Crippen molar-refractivity contribution in [3.63, 3.8) is 0 Å².